The number of carbonyl (C=O) groups excluding carboxylic acids is 3. The summed E-state index contributed by atoms with van der Waals surface area (Å²) in [6, 6.07) is 5.65. The van der Waals surface area contributed by atoms with Gasteiger partial charge >= 0.3 is 0 Å². The quantitative estimate of drug-likeness (QED) is 0.709. The first-order valence-electron chi connectivity index (χ1n) is 9.45. The van der Waals surface area contributed by atoms with E-state index in [9.17, 15) is 14.4 Å². The van der Waals surface area contributed by atoms with E-state index in [0.717, 1.165) is 5.56 Å². The Kier molecular flexibility index (Phi) is 8.10. The molecule has 1 saturated heterocycles. The highest BCUT2D eigenvalue weighted by molar-refractivity contribution is 5.84. The topological polar surface area (TPSA) is 88.2 Å². The molecule has 0 atom stereocenters. The molecule has 0 unspecified atom stereocenters. The smallest absolute Gasteiger partial charge is 0.223 e. The molecular formula is C20H29N3O5. The van der Waals surface area contributed by atoms with Gasteiger partial charge in [0.15, 0.2) is 11.5 Å². The van der Waals surface area contributed by atoms with Gasteiger partial charge < -0.3 is 24.6 Å². The van der Waals surface area contributed by atoms with Crippen LogP contribution < -0.4 is 14.8 Å². The van der Waals surface area contributed by atoms with E-state index in [0.29, 0.717) is 50.6 Å². The van der Waals surface area contributed by atoms with Crippen molar-refractivity contribution >= 4 is 17.7 Å². The summed E-state index contributed by atoms with van der Waals surface area (Å²) in [6.07, 6.45) is 1.01. The molecule has 2 rings (SSSR count). The maximum atomic E-state index is 12.2. The van der Waals surface area contributed by atoms with Crippen LogP contribution in [0.4, 0.5) is 0 Å². The Hall–Kier alpha value is -2.77. The van der Waals surface area contributed by atoms with Crippen LogP contribution in [0.5, 0.6) is 11.5 Å². The third-order valence-corrected chi connectivity index (χ3v) is 4.83. The summed E-state index contributed by atoms with van der Waals surface area (Å²) in [5.41, 5.74) is 1.03. The fourth-order valence-electron chi connectivity index (χ4n) is 3.12. The van der Waals surface area contributed by atoms with Gasteiger partial charge in [-0.1, -0.05) is 6.07 Å². The SMILES string of the molecule is COc1ccc(CCNC(=O)CCC(=O)N2CCN(C(C)=O)CC2)cc1OC. The second-order valence-corrected chi connectivity index (χ2v) is 6.68. The Morgan fingerprint density at radius 3 is 2.21 bits per heavy atom. The third-order valence-electron chi connectivity index (χ3n) is 4.83. The Balaban J connectivity index is 1.67. The molecule has 3 amide bonds. The molecule has 8 heteroatoms. The lowest BCUT2D eigenvalue weighted by Gasteiger charge is -2.34. The van der Waals surface area contributed by atoms with Crippen LogP contribution in [0.1, 0.15) is 25.3 Å². The highest BCUT2D eigenvalue weighted by atomic mass is 16.5. The van der Waals surface area contributed by atoms with Crippen molar-refractivity contribution in [1.29, 1.82) is 0 Å². The molecule has 154 valence electrons. The minimum Gasteiger partial charge on any atom is -0.493 e. The molecule has 0 radical (unpaired) electrons. The number of rotatable bonds is 8. The number of benzene rings is 1. The number of carbonyl (C=O) groups is 3. The molecule has 1 heterocycles. The summed E-state index contributed by atoms with van der Waals surface area (Å²) in [5, 5.41) is 2.84. The van der Waals surface area contributed by atoms with Crippen LogP contribution in [-0.2, 0) is 20.8 Å². The van der Waals surface area contributed by atoms with E-state index < -0.39 is 0 Å². The minimum absolute atomic E-state index is 0.0287. The highest BCUT2D eigenvalue weighted by Crippen LogP contribution is 2.27. The molecule has 1 aromatic rings. The first-order valence-corrected chi connectivity index (χ1v) is 9.45. The number of piperazine rings is 1. The second-order valence-electron chi connectivity index (χ2n) is 6.68. The van der Waals surface area contributed by atoms with E-state index in [1.807, 2.05) is 18.2 Å². The maximum absolute atomic E-state index is 12.2. The number of nitrogens with one attached hydrogen (secondary N) is 1. The fourth-order valence-corrected chi connectivity index (χ4v) is 3.12. The first kappa shape index (κ1) is 21.5. The average Bonchev–Trinajstić information content (AvgIpc) is 2.71. The lowest BCUT2D eigenvalue weighted by molar-refractivity contribution is -0.139. The fraction of sp³-hybridized carbons (Fsp3) is 0.550. The van der Waals surface area contributed by atoms with Crippen LogP contribution in [0, 0.1) is 0 Å². The monoisotopic (exact) mass is 391 g/mol. The van der Waals surface area contributed by atoms with E-state index in [1.54, 1.807) is 24.0 Å². The van der Waals surface area contributed by atoms with Gasteiger partial charge in [0.1, 0.15) is 0 Å². The van der Waals surface area contributed by atoms with Crippen LogP contribution in [-0.4, -0.2) is 74.5 Å². The van der Waals surface area contributed by atoms with Crippen molar-refractivity contribution in [3.05, 3.63) is 23.8 Å². The van der Waals surface area contributed by atoms with Crippen LogP contribution in [0.15, 0.2) is 18.2 Å². The molecule has 1 fully saturated rings. The predicted octanol–water partition coefficient (Wildman–Crippen LogP) is 0.833. The van der Waals surface area contributed by atoms with E-state index in [-0.39, 0.29) is 30.6 Å². The van der Waals surface area contributed by atoms with Crippen molar-refractivity contribution in [3.63, 3.8) is 0 Å². The van der Waals surface area contributed by atoms with Gasteiger partial charge in [0, 0.05) is 52.5 Å². The molecule has 1 N–H and O–H groups in total. The van der Waals surface area contributed by atoms with E-state index in [4.69, 9.17) is 9.47 Å². The summed E-state index contributed by atoms with van der Waals surface area (Å²) in [6.45, 7) is 4.18. The van der Waals surface area contributed by atoms with Crippen molar-refractivity contribution in [2.75, 3.05) is 46.9 Å². The molecule has 0 spiro atoms. The highest BCUT2D eigenvalue weighted by Gasteiger charge is 2.22. The third kappa shape index (κ3) is 6.14. The molecule has 1 aliphatic heterocycles. The summed E-state index contributed by atoms with van der Waals surface area (Å²) < 4.78 is 10.5. The van der Waals surface area contributed by atoms with Gasteiger partial charge in [-0.25, -0.2) is 0 Å². The maximum Gasteiger partial charge on any atom is 0.223 e. The number of hydrogen-bond acceptors (Lipinski definition) is 5. The number of ether oxygens (including phenoxy) is 2. The van der Waals surface area contributed by atoms with Gasteiger partial charge in [0.05, 0.1) is 14.2 Å². The van der Waals surface area contributed by atoms with E-state index in [1.165, 1.54) is 6.92 Å². The van der Waals surface area contributed by atoms with Crippen LogP contribution in [0.3, 0.4) is 0 Å². The van der Waals surface area contributed by atoms with Gasteiger partial charge in [-0.05, 0) is 24.1 Å². The van der Waals surface area contributed by atoms with Gasteiger partial charge in [-0.3, -0.25) is 14.4 Å². The summed E-state index contributed by atoms with van der Waals surface area (Å²) >= 11 is 0. The summed E-state index contributed by atoms with van der Waals surface area (Å²) in [7, 11) is 3.17. The Labute approximate surface area is 165 Å². The Bertz CT molecular complexity index is 699. The summed E-state index contributed by atoms with van der Waals surface area (Å²) in [5.74, 6) is 1.16. The minimum atomic E-state index is -0.142. The lowest BCUT2D eigenvalue weighted by Crippen LogP contribution is -2.50. The Morgan fingerprint density at radius 2 is 1.61 bits per heavy atom. The predicted molar refractivity (Wildman–Crippen MR) is 104 cm³/mol. The van der Waals surface area contributed by atoms with Gasteiger partial charge in [0.2, 0.25) is 17.7 Å². The molecule has 28 heavy (non-hydrogen) atoms. The van der Waals surface area contributed by atoms with Crippen molar-refractivity contribution in [3.8, 4) is 11.5 Å². The van der Waals surface area contributed by atoms with Gasteiger partial charge in [0.25, 0.3) is 0 Å². The molecule has 1 aromatic carbocycles. The molecular weight excluding hydrogens is 362 g/mol. The molecule has 1 aliphatic rings. The first-order chi connectivity index (χ1) is 13.4. The zero-order chi connectivity index (χ0) is 20.5. The molecule has 0 aliphatic carbocycles. The van der Waals surface area contributed by atoms with Gasteiger partial charge in [-0.15, -0.1) is 0 Å². The van der Waals surface area contributed by atoms with Crippen LogP contribution in [0.2, 0.25) is 0 Å². The molecule has 0 saturated carbocycles. The van der Waals surface area contributed by atoms with Crippen molar-refractivity contribution in [2.45, 2.75) is 26.2 Å². The lowest BCUT2D eigenvalue weighted by atomic mass is 10.1. The van der Waals surface area contributed by atoms with E-state index >= 15 is 0 Å². The largest absolute Gasteiger partial charge is 0.493 e. The number of methoxy groups -OCH3 is 2. The van der Waals surface area contributed by atoms with Crippen LogP contribution in [0.25, 0.3) is 0 Å². The van der Waals surface area contributed by atoms with Crippen LogP contribution >= 0.6 is 0 Å². The van der Waals surface area contributed by atoms with Gasteiger partial charge in [-0.2, -0.15) is 0 Å². The van der Waals surface area contributed by atoms with E-state index in [2.05, 4.69) is 5.32 Å². The molecule has 0 bridgehead atoms. The normalized spacial score (nSPS) is 13.8. The summed E-state index contributed by atoms with van der Waals surface area (Å²) in [4.78, 5) is 39.0. The van der Waals surface area contributed by atoms with Crippen molar-refractivity contribution in [1.82, 2.24) is 15.1 Å². The second kappa shape index (κ2) is 10.5. The Morgan fingerprint density at radius 1 is 0.964 bits per heavy atom. The number of amides is 3. The zero-order valence-electron chi connectivity index (χ0n) is 16.8. The number of nitrogens with zero attached hydrogens (tertiary/aromatic N) is 2. The number of hydrogen-bond donors (Lipinski definition) is 1. The average molecular weight is 391 g/mol. The molecule has 0 aromatic heterocycles. The standard InChI is InChI=1S/C20H29N3O5/c1-15(24)22-10-12-23(13-11-22)20(26)7-6-19(25)21-9-8-16-4-5-17(27-2)18(14-16)28-3/h4-5,14H,6-13H2,1-3H3,(H,21,25). The van der Waals surface area contributed by atoms with Crippen molar-refractivity contribution < 1.29 is 23.9 Å². The van der Waals surface area contributed by atoms with Crippen molar-refractivity contribution in [2.24, 2.45) is 0 Å². The molecule has 8 nitrogen and oxygen atoms in total. The zero-order valence-corrected chi connectivity index (χ0v) is 16.8.